The van der Waals surface area contributed by atoms with Crippen molar-refractivity contribution < 1.29 is 23.7 Å². The lowest BCUT2D eigenvalue weighted by Crippen LogP contribution is -2.36. The summed E-state index contributed by atoms with van der Waals surface area (Å²) in [7, 11) is 1.59. The van der Waals surface area contributed by atoms with Crippen LogP contribution in [0.2, 0.25) is 0 Å². The van der Waals surface area contributed by atoms with Gasteiger partial charge in [0, 0.05) is 24.1 Å². The molecule has 2 aromatic rings. The van der Waals surface area contributed by atoms with Gasteiger partial charge >= 0.3 is 0 Å². The van der Waals surface area contributed by atoms with Gasteiger partial charge in [0.1, 0.15) is 0 Å². The molecule has 6 nitrogen and oxygen atoms in total. The van der Waals surface area contributed by atoms with Crippen molar-refractivity contribution in [3.63, 3.8) is 0 Å². The molecule has 1 unspecified atom stereocenters. The molecular weight excluding hydrogens is 378 g/mol. The number of carbonyl (C=O) groups is 1. The second-order valence-electron chi connectivity index (χ2n) is 6.58. The summed E-state index contributed by atoms with van der Waals surface area (Å²) < 4.78 is 21.8. The second kappa shape index (κ2) is 8.65. The maximum atomic E-state index is 12.6. The monoisotopic (exact) mass is 401 g/mol. The van der Waals surface area contributed by atoms with E-state index in [0.717, 1.165) is 30.2 Å². The number of hydrogen-bond acceptors (Lipinski definition) is 6. The fourth-order valence-corrected chi connectivity index (χ4v) is 4.59. The first-order valence-corrected chi connectivity index (χ1v) is 10.3. The maximum Gasteiger partial charge on any atom is 0.260 e. The number of ether oxygens (including phenoxy) is 4. The zero-order valence-electron chi connectivity index (χ0n) is 15.8. The van der Waals surface area contributed by atoms with Crippen LogP contribution in [0.4, 0.5) is 0 Å². The normalized spacial score (nSPS) is 18.5. The van der Waals surface area contributed by atoms with E-state index < -0.39 is 0 Å². The zero-order chi connectivity index (χ0) is 19.3. The van der Waals surface area contributed by atoms with Crippen molar-refractivity contribution in [2.75, 3.05) is 39.4 Å². The van der Waals surface area contributed by atoms with Crippen LogP contribution in [0.15, 0.2) is 42.5 Å². The average molecular weight is 401 g/mol. The van der Waals surface area contributed by atoms with Gasteiger partial charge in [-0.3, -0.25) is 4.79 Å². The van der Waals surface area contributed by atoms with Crippen molar-refractivity contribution in [1.29, 1.82) is 0 Å². The summed E-state index contributed by atoms with van der Waals surface area (Å²) in [6, 6.07) is 13.5. The van der Waals surface area contributed by atoms with Gasteiger partial charge in [-0.05, 0) is 36.2 Å². The van der Waals surface area contributed by atoms with E-state index in [1.807, 2.05) is 40.9 Å². The van der Waals surface area contributed by atoms with Gasteiger partial charge in [0.15, 0.2) is 29.6 Å². The van der Waals surface area contributed by atoms with E-state index in [0.29, 0.717) is 23.3 Å². The van der Waals surface area contributed by atoms with Gasteiger partial charge in [0.2, 0.25) is 6.79 Å². The van der Waals surface area contributed by atoms with Crippen molar-refractivity contribution in [3.05, 3.63) is 48.0 Å². The predicted octanol–water partition coefficient (Wildman–Crippen LogP) is 3.51. The molecule has 2 aromatic carbocycles. The third kappa shape index (κ3) is 4.14. The van der Waals surface area contributed by atoms with E-state index in [1.54, 1.807) is 13.2 Å². The SMILES string of the molecule is COc1ccccc1OCC(=O)N1CCSC(c2ccc3c(c2)OCO3)CC1. The number of thioether (sulfide) groups is 1. The molecule has 4 rings (SSSR count). The minimum Gasteiger partial charge on any atom is -0.493 e. The van der Waals surface area contributed by atoms with Crippen LogP contribution < -0.4 is 18.9 Å². The van der Waals surface area contributed by atoms with E-state index in [-0.39, 0.29) is 19.3 Å². The van der Waals surface area contributed by atoms with Crippen molar-refractivity contribution in [2.45, 2.75) is 11.7 Å². The lowest BCUT2D eigenvalue weighted by atomic mass is 10.1. The molecule has 1 amide bonds. The summed E-state index contributed by atoms with van der Waals surface area (Å²) in [6.07, 6.45) is 0.894. The Morgan fingerprint density at radius 3 is 2.82 bits per heavy atom. The predicted molar refractivity (Wildman–Crippen MR) is 107 cm³/mol. The molecule has 2 aliphatic heterocycles. The Kier molecular flexibility index (Phi) is 5.81. The minimum atomic E-state index is -0.00200. The molecule has 0 N–H and O–H groups in total. The average Bonchev–Trinajstić information content (AvgIpc) is 3.06. The van der Waals surface area contributed by atoms with Crippen LogP contribution in [-0.4, -0.2) is 50.2 Å². The highest BCUT2D eigenvalue weighted by Crippen LogP contribution is 2.40. The number of para-hydroxylation sites is 2. The Morgan fingerprint density at radius 2 is 1.96 bits per heavy atom. The number of nitrogens with zero attached hydrogens (tertiary/aromatic N) is 1. The number of carbonyl (C=O) groups excluding carboxylic acids is 1. The Bertz CT molecular complexity index is 843. The summed E-state index contributed by atoms with van der Waals surface area (Å²) in [5, 5.41) is 0.336. The Morgan fingerprint density at radius 1 is 1.14 bits per heavy atom. The molecule has 0 spiro atoms. The van der Waals surface area contributed by atoms with Crippen molar-refractivity contribution >= 4 is 17.7 Å². The lowest BCUT2D eigenvalue weighted by Gasteiger charge is -2.21. The van der Waals surface area contributed by atoms with Crippen LogP contribution in [0.3, 0.4) is 0 Å². The van der Waals surface area contributed by atoms with Crippen LogP contribution in [0.1, 0.15) is 17.2 Å². The third-order valence-electron chi connectivity index (χ3n) is 4.88. The van der Waals surface area contributed by atoms with E-state index >= 15 is 0 Å². The number of amides is 1. The molecule has 7 heteroatoms. The molecule has 2 aliphatic rings. The molecule has 148 valence electrons. The number of fused-ring (bicyclic) bond motifs is 1. The van der Waals surface area contributed by atoms with Gasteiger partial charge in [-0.15, -0.1) is 0 Å². The largest absolute Gasteiger partial charge is 0.493 e. The highest BCUT2D eigenvalue weighted by atomic mass is 32.2. The van der Waals surface area contributed by atoms with Crippen LogP contribution in [-0.2, 0) is 4.79 Å². The van der Waals surface area contributed by atoms with E-state index in [4.69, 9.17) is 18.9 Å². The quantitative estimate of drug-likeness (QED) is 0.764. The summed E-state index contributed by atoms with van der Waals surface area (Å²) >= 11 is 1.87. The van der Waals surface area contributed by atoms with Crippen LogP contribution in [0.5, 0.6) is 23.0 Å². The van der Waals surface area contributed by atoms with Gasteiger partial charge in [0.25, 0.3) is 5.91 Å². The summed E-state index contributed by atoms with van der Waals surface area (Å²) in [5.74, 6) is 3.70. The maximum absolute atomic E-state index is 12.6. The van der Waals surface area contributed by atoms with E-state index in [2.05, 4.69) is 12.1 Å². The molecule has 28 heavy (non-hydrogen) atoms. The molecule has 2 heterocycles. The molecule has 1 saturated heterocycles. The molecule has 0 saturated carbocycles. The van der Waals surface area contributed by atoms with Crippen LogP contribution in [0, 0.1) is 0 Å². The number of benzene rings is 2. The first-order chi connectivity index (χ1) is 13.7. The fourth-order valence-electron chi connectivity index (χ4n) is 3.37. The molecule has 1 fully saturated rings. The third-order valence-corrected chi connectivity index (χ3v) is 6.21. The van der Waals surface area contributed by atoms with E-state index in [9.17, 15) is 4.79 Å². The first kappa shape index (κ1) is 18.8. The second-order valence-corrected chi connectivity index (χ2v) is 7.89. The lowest BCUT2D eigenvalue weighted by molar-refractivity contribution is -0.133. The highest BCUT2D eigenvalue weighted by molar-refractivity contribution is 7.99. The van der Waals surface area contributed by atoms with Crippen LogP contribution in [0.25, 0.3) is 0 Å². The minimum absolute atomic E-state index is 0.00200. The Balaban J connectivity index is 1.34. The number of hydrogen-bond donors (Lipinski definition) is 0. The Hall–Kier alpha value is -2.54. The van der Waals surface area contributed by atoms with Crippen molar-refractivity contribution in [2.24, 2.45) is 0 Å². The summed E-state index contributed by atoms with van der Waals surface area (Å²) in [6.45, 7) is 1.73. The van der Waals surface area contributed by atoms with Gasteiger partial charge in [-0.25, -0.2) is 0 Å². The van der Waals surface area contributed by atoms with E-state index in [1.165, 1.54) is 5.56 Å². The molecule has 1 atom stereocenters. The number of methoxy groups -OCH3 is 1. The fraction of sp³-hybridized carbons (Fsp3) is 0.381. The topological polar surface area (TPSA) is 57.2 Å². The van der Waals surface area contributed by atoms with Gasteiger partial charge < -0.3 is 23.8 Å². The summed E-state index contributed by atoms with van der Waals surface area (Å²) in [4.78, 5) is 14.5. The smallest absolute Gasteiger partial charge is 0.260 e. The summed E-state index contributed by atoms with van der Waals surface area (Å²) in [5.41, 5.74) is 1.22. The standard InChI is InChI=1S/C21H23NO5S/c1-24-16-4-2-3-5-17(16)25-13-21(23)22-9-8-20(28-11-10-22)15-6-7-18-19(12-15)27-14-26-18/h2-7,12,20H,8-11,13-14H2,1H3. The van der Waals surface area contributed by atoms with Gasteiger partial charge in [0.05, 0.1) is 7.11 Å². The van der Waals surface area contributed by atoms with Crippen LogP contribution >= 0.6 is 11.8 Å². The first-order valence-electron chi connectivity index (χ1n) is 9.29. The molecular formula is C21H23NO5S. The molecule has 0 aromatic heterocycles. The van der Waals surface area contributed by atoms with Gasteiger partial charge in [-0.1, -0.05) is 18.2 Å². The Labute approximate surface area is 168 Å². The number of rotatable bonds is 5. The van der Waals surface area contributed by atoms with Crippen molar-refractivity contribution in [3.8, 4) is 23.0 Å². The van der Waals surface area contributed by atoms with Crippen molar-refractivity contribution in [1.82, 2.24) is 4.90 Å². The molecule has 0 aliphatic carbocycles. The zero-order valence-corrected chi connectivity index (χ0v) is 16.6. The molecule has 0 bridgehead atoms. The van der Waals surface area contributed by atoms with Gasteiger partial charge in [-0.2, -0.15) is 11.8 Å². The molecule has 0 radical (unpaired) electrons. The highest BCUT2D eigenvalue weighted by Gasteiger charge is 2.24.